The van der Waals surface area contributed by atoms with E-state index >= 15 is 0 Å². The van der Waals surface area contributed by atoms with Crippen molar-refractivity contribution >= 4 is 0 Å². The Balaban J connectivity index is 1.79. The normalized spacial score (nSPS) is 17.6. The first kappa shape index (κ1) is 27.3. The van der Waals surface area contributed by atoms with E-state index in [0.29, 0.717) is 12.5 Å². The zero-order chi connectivity index (χ0) is 25.3. The van der Waals surface area contributed by atoms with Gasteiger partial charge in [-0.25, -0.2) is 0 Å². The van der Waals surface area contributed by atoms with Gasteiger partial charge in [0.05, 0.1) is 17.0 Å². The summed E-state index contributed by atoms with van der Waals surface area (Å²) in [5.74, 6) is 0.189. The van der Waals surface area contributed by atoms with Crippen LogP contribution in [0.25, 0.3) is 0 Å². The van der Waals surface area contributed by atoms with E-state index in [0.717, 1.165) is 75.7 Å². The minimum atomic E-state index is -4.37. The summed E-state index contributed by atoms with van der Waals surface area (Å²) in [5, 5.41) is 10.5. The SMILES string of the molecule is CCCN(CCc1ccccc1)C(C)CCC(C#N)(c1ccc(C(F)(F)F)cc1)C1CCCCC1. The Bertz CT molecular complexity index is 927. The highest BCUT2D eigenvalue weighted by atomic mass is 19.4. The molecule has 0 saturated heterocycles. The molecular formula is C30H39F3N2. The van der Waals surface area contributed by atoms with E-state index in [1.165, 1.54) is 12.0 Å². The van der Waals surface area contributed by atoms with Crippen molar-refractivity contribution in [3.8, 4) is 6.07 Å². The summed E-state index contributed by atoms with van der Waals surface area (Å²) in [7, 11) is 0. The lowest BCUT2D eigenvalue weighted by Gasteiger charge is -2.40. The summed E-state index contributed by atoms with van der Waals surface area (Å²) in [4.78, 5) is 2.50. The fraction of sp³-hybridized carbons (Fsp3) is 0.567. The molecule has 3 rings (SSSR count). The fourth-order valence-electron chi connectivity index (χ4n) is 5.72. The zero-order valence-electron chi connectivity index (χ0n) is 21.2. The van der Waals surface area contributed by atoms with E-state index in [2.05, 4.69) is 49.1 Å². The van der Waals surface area contributed by atoms with Crippen LogP contribution >= 0.6 is 0 Å². The molecule has 1 fully saturated rings. The second-order valence-electron chi connectivity index (χ2n) is 10.2. The number of halogens is 3. The van der Waals surface area contributed by atoms with Gasteiger partial charge in [0.1, 0.15) is 0 Å². The maximum Gasteiger partial charge on any atom is 0.416 e. The van der Waals surface area contributed by atoms with Crippen LogP contribution in [-0.4, -0.2) is 24.0 Å². The van der Waals surface area contributed by atoms with Gasteiger partial charge in [-0.1, -0.05) is 68.7 Å². The maximum absolute atomic E-state index is 13.2. The monoisotopic (exact) mass is 484 g/mol. The van der Waals surface area contributed by atoms with Crippen molar-refractivity contribution in [1.82, 2.24) is 4.90 Å². The van der Waals surface area contributed by atoms with Crippen LogP contribution in [0.3, 0.4) is 0 Å². The standard InChI is InChI=1S/C30H39F3N2/c1-3-21-35(22-19-25-10-6-4-7-11-25)24(2)18-20-29(23-34,26-12-8-5-9-13-26)27-14-16-28(17-15-27)30(31,32)33/h4,6-7,10-11,14-17,24,26H,3,5,8-9,12-13,18-22H2,1-2H3. The van der Waals surface area contributed by atoms with Crippen molar-refractivity contribution in [3.05, 3.63) is 71.3 Å². The van der Waals surface area contributed by atoms with Crippen molar-refractivity contribution in [2.75, 3.05) is 13.1 Å². The number of nitrogens with zero attached hydrogens (tertiary/aromatic N) is 2. The molecule has 0 radical (unpaired) electrons. The van der Waals surface area contributed by atoms with E-state index < -0.39 is 17.2 Å². The van der Waals surface area contributed by atoms with Gasteiger partial charge in [0.25, 0.3) is 0 Å². The number of nitriles is 1. The first-order valence-electron chi connectivity index (χ1n) is 13.2. The van der Waals surface area contributed by atoms with Crippen LogP contribution in [0.5, 0.6) is 0 Å². The second-order valence-corrected chi connectivity index (χ2v) is 10.2. The molecule has 2 unspecified atom stereocenters. The molecule has 0 heterocycles. The molecule has 2 atom stereocenters. The van der Waals surface area contributed by atoms with Gasteiger partial charge < -0.3 is 4.90 Å². The van der Waals surface area contributed by atoms with Gasteiger partial charge in [-0.05, 0) is 81.2 Å². The number of hydrogen-bond donors (Lipinski definition) is 0. The first-order valence-corrected chi connectivity index (χ1v) is 13.2. The lowest BCUT2D eigenvalue weighted by molar-refractivity contribution is -0.137. The largest absolute Gasteiger partial charge is 0.416 e. The Labute approximate surface area is 209 Å². The maximum atomic E-state index is 13.2. The quantitative estimate of drug-likeness (QED) is 0.322. The van der Waals surface area contributed by atoms with Gasteiger partial charge >= 0.3 is 6.18 Å². The molecule has 0 aliphatic heterocycles. The van der Waals surface area contributed by atoms with Gasteiger partial charge in [-0.3, -0.25) is 0 Å². The Hall–Kier alpha value is -2.32. The molecule has 190 valence electrons. The lowest BCUT2D eigenvalue weighted by Crippen LogP contribution is -2.40. The lowest BCUT2D eigenvalue weighted by atomic mass is 9.63. The number of hydrogen-bond acceptors (Lipinski definition) is 2. The Morgan fingerprint density at radius 3 is 2.14 bits per heavy atom. The predicted octanol–water partition coefficient (Wildman–Crippen LogP) is 8.17. The zero-order valence-corrected chi connectivity index (χ0v) is 21.2. The summed E-state index contributed by atoms with van der Waals surface area (Å²) in [6, 6.07) is 18.8. The molecule has 2 aromatic rings. The summed E-state index contributed by atoms with van der Waals surface area (Å²) in [5.41, 5.74) is 0.675. The third kappa shape index (κ3) is 7.10. The number of alkyl halides is 3. The summed E-state index contributed by atoms with van der Waals surface area (Å²) >= 11 is 0. The molecule has 0 spiro atoms. The Morgan fingerprint density at radius 1 is 0.943 bits per heavy atom. The van der Waals surface area contributed by atoms with Crippen molar-refractivity contribution in [3.63, 3.8) is 0 Å². The van der Waals surface area contributed by atoms with Crippen LogP contribution < -0.4 is 0 Å². The summed E-state index contributed by atoms with van der Waals surface area (Å²) < 4.78 is 39.6. The highest BCUT2D eigenvalue weighted by molar-refractivity contribution is 5.37. The molecule has 1 saturated carbocycles. The highest BCUT2D eigenvalue weighted by Crippen LogP contribution is 2.45. The third-order valence-electron chi connectivity index (χ3n) is 7.85. The van der Waals surface area contributed by atoms with Gasteiger partial charge in [0.2, 0.25) is 0 Å². The number of benzene rings is 2. The van der Waals surface area contributed by atoms with E-state index in [1.807, 2.05) is 6.07 Å². The van der Waals surface area contributed by atoms with Crippen molar-refractivity contribution in [2.45, 2.75) is 89.3 Å². The molecule has 0 bridgehead atoms. The van der Waals surface area contributed by atoms with Crippen LogP contribution in [0, 0.1) is 17.2 Å². The molecule has 1 aliphatic carbocycles. The van der Waals surface area contributed by atoms with Crippen molar-refractivity contribution in [2.24, 2.45) is 5.92 Å². The first-order chi connectivity index (χ1) is 16.8. The van der Waals surface area contributed by atoms with E-state index in [4.69, 9.17) is 0 Å². The second kappa shape index (κ2) is 12.6. The Morgan fingerprint density at radius 2 is 1.57 bits per heavy atom. The molecular weight excluding hydrogens is 445 g/mol. The van der Waals surface area contributed by atoms with Crippen LogP contribution in [0.4, 0.5) is 13.2 Å². The van der Waals surface area contributed by atoms with Crippen LogP contribution in [0.1, 0.15) is 81.9 Å². The summed E-state index contributed by atoms with van der Waals surface area (Å²) in [6.45, 7) is 6.38. The van der Waals surface area contributed by atoms with E-state index in [1.54, 1.807) is 12.1 Å². The molecule has 35 heavy (non-hydrogen) atoms. The molecule has 2 aromatic carbocycles. The van der Waals surface area contributed by atoms with Gasteiger partial charge in [-0.15, -0.1) is 0 Å². The minimum Gasteiger partial charge on any atom is -0.300 e. The van der Waals surface area contributed by atoms with E-state index in [-0.39, 0.29) is 5.92 Å². The van der Waals surface area contributed by atoms with E-state index in [9.17, 15) is 18.4 Å². The highest BCUT2D eigenvalue weighted by Gasteiger charge is 2.42. The molecule has 0 N–H and O–H groups in total. The average molecular weight is 485 g/mol. The van der Waals surface area contributed by atoms with Crippen LogP contribution in [0.15, 0.2) is 54.6 Å². The van der Waals surface area contributed by atoms with Gasteiger partial charge in [0, 0.05) is 12.6 Å². The smallest absolute Gasteiger partial charge is 0.300 e. The van der Waals surface area contributed by atoms with Crippen molar-refractivity contribution in [1.29, 1.82) is 5.26 Å². The van der Waals surface area contributed by atoms with Gasteiger partial charge in [-0.2, -0.15) is 18.4 Å². The molecule has 0 aromatic heterocycles. The number of rotatable bonds is 11. The topological polar surface area (TPSA) is 27.0 Å². The fourth-order valence-corrected chi connectivity index (χ4v) is 5.72. The molecule has 5 heteroatoms. The minimum absolute atomic E-state index is 0.189. The molecule has 1 aliphatic rings. The van der Waals surface area contributed by atoms with Crippen molar-refractivity contribution < 1.29 is 13.2 Å². The molecule has 0 amide bonds. The predicted molar refractivity (Wildman–Crippen MR) is 136 cm³/mol. The van der Waals surface area contributed by atoms with Gasteiger partial charge in [0.15, 0.2) is 0 Å². The van der Waals surface area contributed by atoms with Crippen LogP contribution in [-0.2, 0) is 18.0 Å². The Kier molecular flexibility index (Phi) is 9.80. The van der Waals surface area contributed by atoms with Crippen LogP contribution in [0.2, 0.25) is 0 Å². The third-order valence-corrected chi connectivity index (χ3v) is 7.85. The molecule has 2 nitrogen and oxygen atoms in total. The average Bonchev–Trinajstić information content (AvgIpc) is 2.88. The summed E-state index contributed by atoms with van der Waals surface area (Å²) in [6.07, 6.45) is 4.47.